The quantitative estimate of drug-likeness (QED) is 0.314. The zero-order valence-corrected chi connectivity index (χ0v) is 18.5. The van der Waals surface area contributed by atoms with Crippen molar-refractivity contribution in [3.63, 3.8) is 0 Å². The molecule has 0 saturated carbocycles. The number of benzene rings is 1. The van der Waals surface area contributed by atoms with Gasteiger partial charge in [-0.2, -0.15) is 8.78 Å². The maximum atomic E-state index is 15.0. The number of fused-ring (bicyclic) bond motifs is 1. The molecule has 0 aliphatic carbocycles. The number of carboxylic acid groups (broad SMARTS) is 1. The fourth-order valence-corrected chi connectivity index (χ4v) is 7.02. The van der Waals surface area contributed by atoms with Crippen molar-refractivity contribution in [1.29, 1.82) is 0 Å². The van der Waals surface area contributed by atoms with Crippen LogP contribution < -0.4 is 0 Å². The maximum Gasteiger partial charge on any atom is 0.405 e. The first-order valence-corrected chi connectivity index (χ1v) is 11.2. The van der Waals surface area contributed by atoms with E-state index in [2.05, 4.69) is 15.9 Å². The Morgan fingerprint density at radius 3 is 2.40 bits per heavy atom. The van der Waals surface area contributed by atoms with Gasteiger partial charge in [0, 0.05) is 18.1 Å². The van der Waals surface area contributed by atoms with Crippen molar-refractivity contribution in [2.75, 3.05) is 13.2 Å². The summed E-state index contributed by atoms with van der Waals surface area (Å²) in [5.41, 5.74) is -3.91. The van der Waals surface area contributed by atoms with Crippen molar-refractivity contribution in [2.24, 2.45) is 0 Å². The van der Waals surface area contributed by atoms with Crippen molar-refractivity contribution < 1.29 is 32.3 Å². The predicted molar refractivity (Wildman–Crippen MR) is 104 cm³/mol. The molecule has 2 aromatic rings. The van der Waals surface area contributed by atoms with Crippen LogP contribution in [0, 0.1) is 3.57 Å². The molecule has 0 radical (unpaired) electrons. The van der Waals surface area contributed by atoms with Crippen LogP contribution in [-0.2, 0) is 19.3 Å². The summed E-state index contributed by atoms with van der Waals surface area (Å²) in [7, 11) is -4.74. The maximum absolute atomic E-state index is 15.0. The van der Waals surface area contributed by atoms with Crippen molar-refractivity contribution >= 4 is 73.5 Å². The molecule has 0 fully saturated rings. The summed E-state index contributed by atoms with van der Waals surface area (Å²) >= 11 is 5.71. The van der Waals surface area contributed by atoms with Gasteiger partial charge in [0.15, 0.2) is 0 Å². The van der Waals surface area contributed by atoms with E-state index in [9.17, 15) is 9.36 Å². The molecule has 11 heteroatoms. The van der Waals surface area contributed by atoms with E-state index in [0.717, 1.165) is 11.3 Å². The van der Waals surface area contributed by atoms with Crippen LogP contribution in [0.25, 0.3) is 10.1 Å². The molecule has 138 valence electrons. The molecule has 5 nitrogen and oxygen atoms in total. The van der Waals surface area contributed by atoms with E-state index in [1.54, 1.807) is 0 Å². The Kier molecular flexibility index (Phi) is 6.65. The third kappa shape index (κ3) is 3.79. The number of halogens is 4. The zero-order chi connectivity index (χ0) is 19.0. The molecule has 25 heavy (non-hydrogen) atoms. The van der Waals surface area contributed by atoms with Gasteiger partial charge in [0.25, 0.3) is 0 Å². The van der Waals surface area contributed by atoms with Crippen LogP contribution in [0.2, 0.25) is 0 Å². The number of hydrogen-bond donors (Lipinski definition) is 1. The molecule has 1 aromatic heterocycles. The Balaban J connectivity index is 2.71. The van der Waals surface area contributed by atoms with Gasteiger partial charge in [-0.05, 0) is 64.5 Å². The second kappa shape index (κ2) is 7.85. The van der Waals surface area contributed by atoms with E-state index in [-0.39, 0.29) is 23.2 Å². The van der Waals surface area contributed by atoms with Gasteiger partial charge in [0.2, 0.25) is 0 Å². The Hall–Kier alpha value is -0.130. The van der Waals surface area contributed by atoms with Gasteiger partial charge in [-0.25, -0.2) is 4.79 Å². The first kappa shape index (κ1) is 21.2. The number of rotatable bonds is 7. The lowest BCUT2D eigenvalue weighted by Gasteiger charge is -2.25. The van der Waals surface area contributed by atoms with Crippen LogP contribution >= 0.6 is 57.5 Å². The molecule has 1 N–H and O–H groups in total. The molecular weight excluding hydrogens is 556 g/mol. The third-order valence-corrected chi connectivity index (χ3v) is 9.02. The molecule has 1 heterocycles. The van der Waals surface area contributed by atoms with E-state index < -0.39 is 24.1 Å². The minimum atomic E-state index is -4.74. The predicted octanol–water partition coefficient (Wildman–Crippen LogP) is 6.28. The smallest absolute Gasteiger partial charge is 0.405 e. The minimum absolute atomic E-state index is 0.0156. The summed E-state index contributed by atoms with van der Waals surface area (Å²) in [6, 6.07) is 2.69. The van der Waals surface area contributed by atoms with Gasteiger partial charge in [0.05, 0.1) is 18.8 Å². The topological polar surface area (TPSA) is 72.8 Å². The van der Waals surface area contributed by atoms with Gasteiger partial charge in [0.1, 0.15) is 4.88 Å². The molecule has 0 aliphatic heterocycles. The van der Waals surface area contributed by atoms with Crippen LogP contribution in [0.4, 0.5) is 8.78 Å². The zero-order valence-electron chi connectivity index (χ0n) is 13.0. The molecule has 0 aliphatic rings. The van der Waals surface area contributed by atoms with Gasteiger partial charge >= 0.3 is 19.2 Å². The fourth-order valence-electron chi connectivity index (χ4n) is 2.11. The number of carbonyl (C=O) groups is 1. The van der Waals surface area contributed by atoms with E-state index in [1.807, 2.05) is 22.6 Å². The number of thiophene rings is 1. The van der Waals surface area contributed by atoms with Gasteiger partial charge in [-0.3, -0.25) is 4.57 Å². The van der Waals surface area contributed by atoms with Crippen LogP contribution in [0.3, 0.4) is 0 Å². The largest absolute Gasteiger partial charge is 0.478 e. The van der Waals surface area contributed by atoms with Crippen molar-refractivity contribution in [1.82, 2.24) is 0 Å². The van der Waals surface area contributed by atoms with Crippen LogP contribution in [0.5, 0.6) is 0 Å². The highest BCUT2D eigenvalue weighted by atomic mass is 127. The van der Waals surface area contributed by atoms with E-state index in [0.29, 0.717) is 13.7 Å². The minimum Gasteiger partial charge on any atom is -0.478 e. The first-order valence-electron chi connectivity index (χ1n) is 7.01. The summed E-state index contributed by atoms with van der Waals surface area (Å²) in [6.45, 7) is 2.50. The number of alkyl halides is 2. The van der Waals surface area contributed by atoms with Crippen LogP contribution in [0.15, 0.2) is 16.6 Å². The van der Waals surface area contributed by atoms with E-state index >= 15 is 8.78 Å². The Labute approximate surface area is 168 Å². The van der Waals surface area contributed by atoms with Crippen LogP contribution in [-0.4, -0.2) is 24.3 Å². The number of aromatic carboxylic acids is 1. The highest BCUT2D eigenvalue weighted by Crippen LogP contribution is 2.69. The van der Waals surface area contributed by atoms with Gasteiger partial charge in [-0.15, -0.1) is 11.3 Å². The van der Waals surface area contributed by atoms with Gasteiger partial charge < -0.3 is 14.2 Å². The normalized spacial score (nSPS) is 12.7. The SMILES string of the molecule is CCOP(=O)(OCC)C(F)(F)c1sc2c(I)cc(C(=O)O)cc2c1Br. The summed E-state index contributed by atoms with van der Waals surface area (Å²) < 4.78 is 53.2. The van der Waals surface area contributed by atoms with Crippen LogP contribution in [0.1, 0.15) is 29.1 Å². The third-order valence-electron chi connectivity index (χ3n) is 3.15. The van der Waals surface area contributed by atoms with Gasteiger partial charge in [-0.1, -0.05) is 0 Å². The average Bonchev–Trinajstić information content (AvgIpc) is 2.86. The second-order valence-electron chi connectivity index (χ2n) is 4.76. The molecule has 1 aromatic carbocycles. The molecule has 0 spiro atoms. The van der Waals surface area contributed by atoms with E-state index in [1.165, 1.54) is 26.0 Å². The summed E-state index contributed by atoms with van der Waals surface area (Å²) in [5, 5.41) is 9.46. The van der Waals surface area contributed by atoms with Crippen molar-refractivity contribution in [3.8, 4) is 0 Å². The molecule has 0 atom stereocenters. The molecule has 2 rings (SSSR count). The monoisotopic (exact) mass is 568 g/mol. The first-order chi connectivity index (χ1) is 11.6. The lowest BCUT2D eigenvalue weighted by atomic mass is 10.1. The molecule has 0 unspecified atom stereocenters. The molecule has 0 saturated heterocycles. The van der Waals surface area contributed by atoms with Crippen molar-refractivity contribution in [3.05, 3.63) is 30.6 Å². The lowest BCUT2D eigenvalue weighted by Crippen LogP contribution is -2.17. The molecule has 0 bridgehead atoms. The Morgan fingerprint density at radius 2 is 1.92 bits per heavy atom. The summed E-state index contributed by atoms with van der Waals surface area (Å²) in [5.74, 6) is -1.17. The second-order valence-corrected chi connectivity index (χ2v) is 9.81. The van der Waals surface area contributed by atoms with Crippen molar-refractivity contribution in [2.45, 2.75) is 19.5 Å². The average molecular weight is 569 g/mol. The highest BCUT2D eigenvalue weighted by Gasteiger charge is 2.57. The summed E-state index contributed by atoms with van der Waals surface area (Å²) in [6.07, 6.45) is 0. The lowest BCUT2D eigenvalue weighted by molar-refractivity contribution is 0.0387. The standard InChI is InChI=1S/C14H13BrF2IO5PS/c1-3-22-24(21,23-4-2)14(16,17)12-10(15)8-5-7(13(19)20)6-9(18)11(8)25-12/h5-6H,3-4H2,1-2H3,(H,19,20). The Bertz CT molecular complexity index is 863. The molecular formula is C14H13BrF2IO5PS. The Morgan fingerprint density at radius 1 is 1.36 bits per heavy atom. The number of carboxylic acids is 1. The number of hydrogen-bond acceptors (Lipinski definition) is 5. The summed E-state index contributed by atoms with van der Waals surface area (Å²) in [4.78, 5) is 10.7. The van der Waals surface area contributed by atoms with E-state index in [4.69, 9.17) is 14.2 Å². The highest BCUT2D eigenvalue weighted by molar-refractivity contribution is 14.1. The fraction of sp³-hybridized carbons (Fsp3) is 0.357. The molecule has 0 amide bonds.